The fourth-order valence-electron chi connectivity index (χ4n) is 0.705. The van der Waals surface area contributed by atoms with Gasteiger partial charge in [0.1, 0.15) is 0 Å². The molecule has 0 rings (SSSR count). The average molecular weight is 147 g/mol. The Hall–Kier alpha value is -0.120. The molecule has 0 aromatic heterocycles. The van der Waals surface area contributed by atoms with Crippen molar-refractivity contribution in [3.63, 3.8) is 0 Å². The average Bonchev–Trinajstić information content (AvgIpc) is 1.84. The van der Waals surface area contributed by atoms with Gasteiger partial charge in [0.15, 0.2) is 0 Å². The van der Waals surface area contributed by atoms with Crippen LogP contribution in [0.4, 0.5) is 0 Å². The molecule has 1 atom stereocenters. The Labute approximate surface area is 62.2 Å². The third-order valence-electron chi connectivity index (χ3n) is 1.30. The van der Waals surface area contributed by atoms with E-state index in [0.717, 1.165) is 0 Å². The van der Waals surface area contributed by atoms with Crippen LogP contribution in [0.1, 0.15) is 20.3 Å². The second kappa shape index (κ2) is 4.66. The highest BCUT2D eigenvalue weighted by molar-refractivity contribution is 4.71. The minimum Gasteiger partial charge on any atom is -0.388 e. The minimum absolute atomic E-state index is 0.376. The summed E-state index contributed by atoms with van der Waals surface area (Å²) < 4.78 is 5.05. The Morgan fingerprint density at radius 1 is 1.60 bits per heavy atom. The van der Waals surface area contributed by atoms with Crippen LogP contribution in [0.15, 0.2) is 0 Å². The molecule has 0 radical (unpaired) electrons. The molecule has 0 bridgehead atoms. The Bertz CT molecular complexity index is 83.7. The summed E-state index contributed by atoms with van der Waals surface area (Å²) in [7, 11) is 0. The van der Waals surface area contributed by atoms with Gasteiger partial charge in [-0.15, -0.1) is 0 Å². The highest BCUT2D eigenvalue weighted by Crippen LogP contribution is 2.07. The smallest absolute Gasteiger partial charge is 0.0864 e. The lowest BCUT2D eigenvalue weighted by Crippen LogP contribution is -2.33. The van der Waals surface area contributed by atoms with Crippen molar-refractivity contribution in [2.45, 2.75) is 25.9 Å². The summed E-state index contributed by atoms with van der Waals surface area (Å²) in [5.41, 5.74) is 4.53. The molecule has 3 nitrogen and oxygen atoms in total. The maximum atomic E-state index is 9.44. The fourth-order valence-corrected chi connectivity index (χ4v) is 0.705. The predicted molar refractivity (Wildman–Crippen MR) is 40.8 cm³/mol. The zero-order valence-electron chi connectivity index (χ0n) is 6.76. The van der Waals surface area contributed by atoms with E-state index in [2.05, 4.69) is 0 Å². The number of hydrogen-bond donors (Lipinski definition) is 2. The van der Waals surface area contributed by atoms with Gasteiger partial charge in [-0.3, -0.25) is 0 Å². The minimum atomic E-state index is -0.745. The van der Waals surface area contributed by atoms with Crippen LogP contribution < -0.4 is 5.73 Å². The van der Waals surface area contributed by atoms with E-state index >= 15 is 0 Å². The molecule has 0 aliphatic heterocycles. The van der Waals surface area contributed by atoms with Gasteiger partial charge in [-0.2, -0.15) is 0 Å². The Morgan fingerprint density at radius 3 is 2.60 bits per heavy atom. The lowest BCUT2D eigenvalue weighted by molar-refractivity contribution is -0.0338. The second-order valence-electron chi connectivity index (χ2n) is 2.67. The Morgan fingerprint density at radius 2 is 2.20 bits per heavy atom. The van der Waals surface area contributed by atoms with Gasteiger partial charge < -0.3 is 15.6 Å². The van der Waals surface area contributed by atoms with Crippen molar-refractivity contribution < 1.29 is 9.84 Å². The summed E-state index contributed by atoms with van der Waals surface area (Å²) in [5.74, 6) is 0. The summed E-state index contributed by atoms with van der Waals surface area (Å²) in [4.78, 5) is 0. The quantitative estimate of drug-likeness (QED) is 0.581. The van der Waals surface area contributed by atoms with Gasteiger partial charge >= 0.3 is 0 Å². The lowest BCUT2D eigenvalue weighted by atomic mass is 10.0. The number of nitrogens with two attached hydrogens (primary N) is 1. The van der Waals surface area contributed by atoms with E-state index in [1.165, 1.54) is 0 Å². The van der Waals surface area contributed by atoms with Gasteiger partial charge in [0.05, 0.1) is 12.2 Å². The SMILES string of the molecule is CCOC[C@](C)(O)CCN. The molecule has 0 aliphatic rings. The van der Waals surface area contributed by atoms with Crippen molar-refractivity contribution in [2.75, 3.05) is 19.8 Å². The zero-order valence-corrected chi connectivity index (χ0v) is 6.76. The molecule has 0 aliphatic carbocycles. The van der Waals surface area contributed by atoms with Crippen molar-refractivity contribution in [3.05, 3.63) is 0 Å². The van der Waals surface area contributed by atoms with Gasteiger partial charge in [0, 0.05) is 6.61 Å². The van der Waals surface area contributed by atoms with Crippen LogP contribution in [0.2, 0.25) is 0 Å². The van der Waals surface area contributed by atoms with E-state index in [4.69, 9.17) is 10.5 Å². The maximum Gasteiger partial charge on any atom is 0.0864 e. The van der Waals surface area contributed by atoms with Gasteiger partial charge in [0.25, 0.3) is 0 Å². The van der Waals surface area contributed by atoms with E-state index in [9.17, 15) is 5.11 Å². The van der Waals surface area contributed by atoms with E-state index in [-0.39, 0.29) is 0 Å². The highest BCUT2D eigenvalue weighted by Gasteiger charge is 2.18. The summed E-state index contributed by atoms with van der Waals surface area (Å²) in [6, 6.07) is 0. The molecule has 3 heteroatoms. The first-order chi connectivity index (χ1) is 4.62. The van der Waals surface area contributed by atoms with E-state index in [1.54, 1.807) is 6.92 Å². The van der Waals surface area contributed by atoms with Gasteiger partial charge in [-0.1, -0.05) is 0 Å². The van der Waals surface area contributed by atoms with Crippen LogP contribution >= 0.6 is 0 Å². The van der Waals surface area contributed by atoms with Crippen LogP contribution in [0.5, 0.6) is 0 Å². The van der Waals surface area contributed by atoms with Crippen LogP contribution in [0.3, 0.4) is 0 Å². The number of rotatable bonds is 5. The first-order valence-corrected chi connectivity index (χ1v) is 3.62. The summed E-state index contributed by atoms with van der Waals surface area (Å²) in [5, 5.41) is 9.44. The third-order valence-corrected chi connectivity index (χ3v) is 1.30. The second-order valence-corrected chi connectivity index (χ2v) is 2.67. The highest BCUT2D eigenvalue weighted by atomic mass is 16.5. The van der Waals surface area contributed by atoms with Crippen molar-refractivity contribution in [3.8, 4) is 0 Å². The molecule has 0 aromatic carbocycles. The first kappa shape index (κ1) is 9.88. The molecule has 0 fully saturated rings. The molecule has 0 amide bonds. The van der Waals surface area contributed by atoms with Gasteiger partial charge in [0.2, 0.25) is 0 Å². The van der Waals surface area contributed by atoms with Crippen molar-refractivity contribution in [1.82, 2.24) is 0 Å². The molecular formula is C7H17NO2. The number of ether oxygens (including phenoxy) is 1. The molecule has 10 heavy (non-hydrogen) atoms. The topological polar surface area (TPSA) is 55.5 Å². The van der Waals surface area contributed by atoms with Crippen molar-refractivity contribution >= 4 is 0 Å². The van der Waals surface area contributed by atoms with Crippen molar-refractivity contribution in [2.24, 2.45) is 5.73 Å². The van der Waals surface area contributed by atoms with Crippen molar-refractivity contribution in [1.29, 1.82) is 0 Å². The Balaban J connectivity index is 3.42. The molecule has 0 unspecified atom stereocenters. The molecule has 0 spiro atoms. The molecule has 0 saturated carbocycles. The molecule has 62 valence electrons. The fraction of sp³-hybridized carbons (Fsp3) is 1.00. The van der Waals surface area contributed by atoms with Crippen LogP contribution in [-0.4, -0.2) is 30.5 Å². The molecular weight excluding hydrogens is 130 g/mol. The number of aliphatic hydroxyl groups is 1. The molecule has 0 heterocycles. The maximum absolute atomic E-state index is 9.44. The first-order valence-electron chi connectivity index (χ1n) is 3.62. The van der Waals surface area contributed by atoms with Crippen LogP contribution in [-0.2, 0) is 4.74 Å². The van der Waals surface area contributed by atoms with E-state index < -0.39 is 5.60 Å². The third kappa shape index (κ3) is 4.73. The predicted octanol–water partition coefficient (Wildman–Crippen LogP) is 0.123. The van der Waals surface area contributed by atoms with Gasteiger partial charge in [-0.25, -0.2) is 0 Å². The number of hydrogen-bond acceptors (Lipinski definition) is 3. The lowest BCUT2D eigenvalue weighted by Gasteiger charge is -2.21. The van der Waals surface area contributed by atoms with Crippen LogP contribution in [0, 0.1) is 0 Å². The summed E-state index contributed by atoms with van der Waals surface area (Å²) in [6.07, 6.45) is 0.590. The monoisotopic (exact) mass is 147 g/mol. The summed E-state index contributed by atoms with van der Waals surface area (Å²) in [6.45, 7) is 5.15. The Kier molecular flexibility index (Phi) is 4.60. The van der Waals surface area contributed by atoms with E-state index in [1.807, 2.05) is 6.92 Å². The standard InChI is InChI=1S/C7H17NO2/c1-3-10-6-7(2,9)4-5-8/h9H,3-6,8H2,1-2H3/t7-/m1/s1. The summed E-state index contributed by atoms with van der Waals surface area (Å²) >= 11 is 0. The zero-order chi connectivity index (χ0) is 8.04. The van der Waals surface area contributed by atoms with E-state index in [0.29, 0.717) is 26.2 Å². The molecule has 0 saturated heterocycles. The van der Waals surface area contributed by atoms with Crippen LogP contribution in [0.25, 0.3) is 0 Å². The van der Waals surface area contributed by atoms with Gasteiger partial charge in [-0.05, 0) is 26.8 Å². The molecule has 0 aromatic rings. The largest absolute Gasteiger partial charge is 0.388 e. The normalized spacial score (nSPS) is 16.8. The molecule has 3 N–H and O–H groups in total.